The van der Waals surface area contributed by atoms with Gasteiger partial charge in [-0.05, 0) is 36.0 Å². The van der Waals surface area contributed by atoms with E-state index >= 15 is 0 Å². The molecule has 1 saturated heterocycles. The van der Waals surface area contributed by atoms with E-state index in [1.165, 1.54) is 18.2 Å². The Kier molecular flexibility index (Phi) is 3.88. The summed E-state index contributed by atoms with van der Waals surface area (Å²) in [7, 11) is 0. The zero-order chi connectivity index (χ0) is 29.0. The van der Waals surface area contributed by atoms with Gasteiger partial charge in [0.25, 0.3) is 0 Å². The second-order valence-corrected chi connectivity index (χ2v) is 6.64. The second-order valence-electron chi connectivity index (χ2n) is 6.64. The van der Waals surface area contributed by atoms with E-state index in [2.05, 4.69) is 5.32 Å². The van der Waals surface area contributed by atoms with Crippen LogP contribution < -0.4 is 14.8 Å². The highest BCUT2D eigenvalue weighted by atomic mass is 16.6. The number of aliphatic hydroxyl groups excluding tert-OH is 1. The molecule has 2 aromatic carbocycles. The van der Waals surface area contributed by atoms with Gasteiger partial charge in [-0.3, -0.25) is 10.1 Å². The van der Waals surface area contributed by atoms with Crippen molar-refractivity contribution in [1.29, 1.82) is 0 Å². The van der Waals surface area contributed by atoms with E-state index in [9.17, 15) is 15.0 Å². The zero-order valence-corrected chi connectivity index (χ0v) is 16.0. The fourth-order valence-corrected chi connectivity index (χ4v) is 3.21. The Morgan fingerprint density at radius 2 is 1.80 bits per heavy atom. The van der Waals surface area contributed by atoms with Crippen LogP contribution in [0, 0.1) is 0 Å². The molecule has 3 N–H and O–H groups in total. The molecule has 0 bridgehead atoms. The fourth-order valence-electron chi connectivity index (χ4n) is 3.21. The summed E-state index contributed by atoms with van der Waals surface area (Å²) in [6.45, 7) is -7.31. The van der Waals surface area contributed by atoms with Gasteiger partial charge in [-0.1, -0.05) is 36.4 Å². The summed E-state index contributed by atoms with van der Waals surface area (Å²) in [5.74, 6) is -1.18. The van der Waals surface area contributed by atoms with Crippen molar-refractivity contribution in [2.24, 2.45) is 0 Å². The van der Waals surface area contributed by atoms with Gasteiger partial charge in [-0.25, -0.2) is 0 Å². The van der Waals surface area contributed by atoms with Crippen molar-refractivity contribution in [2.45, 2.75) is 30.9 Å². The number of benzene rings is 2. The Balaban J connectivity index is 1.84. The molecule has 2 heterocycles. The van der Waals surface area contributed by atoms with Crippen LogP contribution in [0.4, 0.5) is 0 Å². The molecule has 0 aliphatic carbocycles. The first kappa shape index (κ1) is 12.3. The molecule has 3 atom stereocenters. The van der Waals surface area contributed by atoms with Gasteiger partial charge < -0.3 is 24.6 Å². The van der Waals surface area contributed by atoms with Gasteiger partial charge in [-0.2, -0.15) is 0 Å². The quantitative estimate of drug-likeness (QED) is 0.632. The third-order valence-electron chi connectivity index (χ3n) is 4.73. The van der Waals surface area contributed by atoms with Crippen LogP contribution in [0.5, 0.6) is 11.5 Å². The third kappa shape index (κ3) is 4.43. The molecule has 30 heavy (non-hydrogen) atoms. The summed E-state index contributed by atoms with van der Waals surface area (Å²) in [4.78, 5) is 13.7. The summed E-state index contributed by atoms with van der Waals surface area (Å²) in [5, 5.41) is 24.2. The Morgan fingerprint density at radius 3 is 2.50 bits per heavy atom. The highest BCUT2D eigenvalue weighted by molar-refractivity contribution is 5.83. The van der Waals surface area contributed by atoms with Gasteiger partial charge in [0.2, 0.25) is 5.91 Å². The van der Waals surface area contributed by atoms with Crippen LogP contribution >= 0.6 is 0 Å². The van der Waals surface area contributed by atoms with Crippen LogP contribution in [-0.2, 0) is 4.79 Å². The maximum Gasteiger partial charge on any atom is 0.242 e. The standard InChI is InChI=1S/C23H28N2O5/c26-15-18(16-6-2-1-3-7-16)24-21(23(28)25-10-4-5-11-25)22(27)17-8-9-19-20(14-17)30-13-12-29-19/h1-3,6-9,14,18,21-22,24,26-27H,4-5,10-13,15H2/i4D2,5D2,10D2,11D2,22D. The lowest BCUT2D eigenvalue weighted by Gasteiger charge is -2.31. The van der Waals surface area contributed by atoms with Crippen molar-refractivity contribution in [3.8, 4) is 11.5 Å². The Labute approximate surface area is 188 Å². The van der Waals surface area contributed by atoms with Gasteiger partial charge in [0.1, 0.15) is 25.3 Å². The number of hydrogen-bond donors (Lipinski definition) is 3. The average Bonchev–Trinajstić information content (AvgIpc) is 2.95. The summed E-state index contributed by atoms with van der Waals surface area (Å²) < 4.78 is 85.0. The molecule has 160 valence electrons. The minimum atomic E-state index is -3.54. The van der Waals surface area contributed by atoms with Gasteiger partial charge >= 0.3 is 0 Å². The third-order valence-corrected chi connectivity index (χ3v) is 4.73. The van der Waals surface area contributed by atoms with E-state index in [1.807, 2.05) is 0 Å². The van der Waals surface area contributed by atoms with Crippen LogP contribution in [0.2, 0.25) is 0 Å². The topological polar surface area (TPSA) is 91.3 Å². The minimum absolute atomic E-state index is 0.150. The highest BCUT2D eigenvalue weighted by Crippen LogP contribution is 2.34. The van der Waals surface area contributed by atoms with Gasteiger partial charge in [0.05, 0.1) is 14.0 Å². The number of hydrogen-bond acceptors (Lipinski definition) is 6. The van der Waals surface area contributed by atoms with E-state index in [-0.39, 0.29) is 29.4 Å². The minimum Gasteiger partial charge on any atom is -0.486 e. The van der Waals surface area contributed by atoms with E-state index in [4.69, 9.17) is 21.8 Å². The molecule has 0 radical (unpaired) electrons. The number of fused-ring (bicyclic) bond motifs is 1. The lowest BCUT2D eigenvalue weighted by molar-refractivity contribution is -0.135. The summed E-state index contributed by atoms with van der Waals surface area (Å²) in [6.07, 6.45) is -10.0. The number of aliphatic hydroxyl groups is 2. The van der Waals surface area contributed by atoms with Crippen LogP contribution in [-0.4, -0.2) is 59.9 Å². The number of rotatable bonds is 7. The first-order valence-electron chi connectivity index (χ1n) is 13.9. The van der Waals surface area contributed by atoms with Gasteiger partial charge in [-0.15, -0.1) is 0 Å². The molecule has 0 saturated carbocycles. The summed E-state index contributed by atoms with van der Waals surface area (Å²) >= 11 is 0. The molecule has 0 spiro atoms. The van der Waals surface area contributed by atoms with E-state index < -0.39 is 56.4 Å². The summed E-state index contributed by atoms with van der Waals surface area (Å²) in [6, 6.07) is 8.62. The predicted octanol–water partition coefficient (Wildman–Crippen LogP) is 1.81. The van der Waals surface area contributed by atoms with Crippen molar-refractivity contribution in [1.82, 2.24) is 10.2 Å². The molecular formula is C23H28N2O5. The van der Waals surface area contributed by atoms with Gasteiger partial charge in [0, 0.05) is 24.0 Å². The Hall–Kier alpha value is -2.61. The first-order valence-corrected chi connectivity index (χ1v) is 9.40. The Bertz CT molecular complexity index is 1200. The van der Waals surface area contributed by atoms with E-state index in [0.717, 1.165) is 0 Å². The molecule has 2 aliphatic heterocycles. The second kappa shape index (κ2) is 9.47. The van der Waals surface area contributed by atoms with Crippen LogP contribution in [0.3, 0.4) is 0 Å². The molecule has 1 fully saturated rings. The number of amides is 1. The normalized spacial score (nSPS) is 30.9. The smallest absolute Gasteiger partial charge is 0.242 e. The van der Waals surface area contributed by atoms with Gasteiger partial charge in [0.15, 0.2) is 11.5 Å². The molecule has 7 heteroatoms. The van der Waals surface area contributed by atoms with Crippen molar-refractivity contribution < 1.29 is 36.8 Å². The molecular weight excluding hydrogens is 384 g/mol. The van der Waals surface area contributed by atoms with Crippen molar-refractivity contribution in [3.63, 3.8) is 0 Å². The average molecular weight is 422 g/mol. The molecule has 0 aromatic heterocycles. The number of nitrogens with one attached hydrogen (secondary N) is 1. The van der Waals surface area contributed by atoms with Crippen molar-refractivity contribution >= 4 is 5.91 Å². The van der Waals surface area contributed by atoms with E-state index in [1.54, 1.807) is 30.3 Å². The number of nitrogens with zero attached hydrogens (tertiary/aromatic N) is 1. The fraction of sp³-hybridized carbons (Fsp3) is 0.435. The number of carbonyl (C=O) groups excluding carboxylic acids is 1. The SMILES string of the molecule is [2H]C(O)(c1ccc2c(c1)OCCO2)C(NC(CO)c1ccccc1)C(=O)N1C([2H])([2H])C([2H])([2H])C([2H])([2H])C1([2H])[2H]. The largest absolute Gasteiger partial charge is 0.486 e. The molecule has 4 rings (SSSR count). The molecule has 1 amide bonds. The van der Waals surface area contributed by atoms with Crippen molar-refractivity contribution in [3.05, 3.63) is 59.7 Å². The van der Waals surface area contributed by atoms with Crippen molar-refractivity contribution in [2.75, 3.05) is 32.8 Å². The first-order chi connectivity index (χ1) is 18.0. The molecule has 3 unspecified atom stereocenters. The lowest BCUT2D eigenvalue weighted by Crippen LogP contribution is -2.50. The predicted molar refractivity (Wildman–Crippen MR) is 111 cm³/mol. The van der Waals surface area contributed by atoms with Crippen LogP contribution in [0.25, 0.3) is 0 Å². The molecule has 7 nitrogen and oxygen atoms in total. The highest BCUT2D eigenvalue weighted by Gasteiger charge is 2.35. The molecule has 2 aliphatic rings. The maximum atomic E-state index is 14.0. The van der Waals surface area contributed by atoms with E-state index in [0.29, 0.717) is 11.3 Å². The number of ether oxygens (including phenoxy) is 2. The monoisotopic (exact) mass is 421 g/mol. The Morgan fingerprint density at radius 1 is 1.10 bits per heavy atom. The van der Waals surface area contributed by atoms with Crippen LogP contribution in [0.15, 0.2) is 48.5 Å². The maximum absolute atomic E-state index is 14.0. The summed E-state index contributed by atoms with van der Waals surface area (Å²) in [5.41, 5.74) is 0.169. The number of likely N-dealkylation sites (tertiary alicyclic amines) is 1. The number of carbonyl (C=O) groups is 1. The van der Waals surface area contributed by atoms with Crippen LogP contribution in [0.1, 0.15) is 48.3 Å². The molecule has 2 aromatic rings. The lowest BCUT2D eigenvalue weighted by atomic mass is 9.98. The zero-order valence-electron chi connectivity index (χ0n) is 25.0.